The number of halogens is 1. The fourth-order valence-electron chi connectivity index (χ4n) is 2.79. The second kappa shape index (κ2) is 6.48. The summed E-state index contributed by atoms with van der Waals surface area (Å²) in [5.74, 6) is 0.0426. The van der Waals surface area contributed by atoms with Gasteiger partial charge in [0.05, 0.1) is 18.8 Å². The number of furan rings is 1. The molecule has 0 N–H and O–H groups in total. The number of benzene rings is 1. The molecular formula is C17H14FN3O4. The van der Waals surface area contributed by atoms with Crippen molar-refractivity contribution in [1.82, 2.24) is 15.0 Å². The zero-order chi connectivity index (χ0) is 17.2. The van der Waals surface area contributed by atoms with Crippen LogP contribution in [0.3, 0.4) is 0 Å². The minimum atomic E-state index is -0.456. The van der Waals surface area contributed by atoms with Crippen molar-refractivity contribution in [1.29, 1.82) is 0 Å². The summed E-state index contributed by atoms with van der Waals surface area (Å²) in [4.78, 5) is 18.4. The molecule has 0 spiro atoms. The van der Waals surface area contributed by atoms with Crippen molar-refractivity contribution in [2.45, 2.75) is 6.04 Å². The van der Waals surface area contributed by atoms with Crippen LogP contribution < -0.4 is 0 Å². The van der Waals surface area contributed by atoms with Crippen molar-refractivity contribution in [3.63, 3.8) is 0 Å². The molecule has 8 heteroatoms. The lowest BCUT2D eigenvalue weighted by Crippen LogP contribution is -2.43. The molecule has 1 aromatic carbocycles. The summed E-state index contributed by atoms with van der Waals surface area (Å²) in [5, 5.41) is 3.79. The first-order chi connectivity index (χ1) is 12.2. The molecule has 0 aliphatic carbocycles. The van der Waals surface area contributed by atoms with E-state index in [4.69, 9.17) is 13.7 Å². The molecule has 0 bridgehead atoms. The maximum absolute atomic E-state index is 13.9. The van der Waals surface area contributed by atoms with Crippen LogP contribution >= 0.6 is 0 Å². The maximum Gasteiger partial charge on any atom is 0.290 e. The standard InChI is InChI=1S/C17H14FN3O4/c18-12-4-2-1-3-11(12)14-5-6-15(25-14)17(22)21-7-8-23-9-13(21)16-19-10-24-20-16/h1-6,10,13H,7-9H2/t13-/m0/s1. The highest BCUT2D eigenvalue weighted by molar-refractivity contribution is 5.92. The van der Waals surface area contributed by atoms with Gasteiger partial charge in [-0.15, -0.1) is 0 Å². The van der Waals surface area contributed by atoms with Crippen molar-refractivity contribution in [2.75, 3.05) is 19.8 Å². The van der Waals surface area contributed by atoms with E-state index in [0.717, 1.165) is 0 Å². The quantitative estimate of drug-likeness (QED) is 0.727. The second-order valence-electron chi connectivity index (χ2n) is 5.52. The molecule has 1 fully saturated rings. The van der Waals surface area contributed by atoms with E-state index in [0.29, 0.717) is 30.3 Å². The van der Waals surface area contributed by atoms with Gasteiger partial charge in [-0.25, -0.2) is 4.39 Å². The van der Waals surface area contributed by atoms with Crippen LogP contribution in [-0.4, -0.2) is 40.7 Å². The van der Waals surface area contributed by atoms with E-state index in [1.807, 2.05) is 0 Å². The summed E-state index contributed by atoms with van der Waals surface area (Å²) in [5.41, 5.74) is 0.304. The third kappa shape index (κ3) is 2.91. The molecule has 1 amide bonds. The van der Waals surface area contributed by atoms with Gasteiger partial charge in [-0.05, 0) is 24.3 Å². The summed E-state index contributed by atoms with van der Waals surface area (Å²) in [6.07, 6.45) is 1.20. The van der Waals surface area contributed by atoms with E-state index in [2.05, 4.69) is 10.1 Å². The van der Waals surface area contributed by atoms with E-state index in [1.54, 1.807) is 29.2 Å². The average molecular weight is 343 g/mol. The molecule has 128 valence electrons. The Morgan fingerprint density at radius 3 is 2.92 bits per heavy atom. The van der Waals surface area contributed by atoms with Crippen LogP contribution in [0, 0.1) is 5.82 Å². The predicted molar refractivity (Wildman–Crippen MR) is 83.0 cm³/mol. The molecule has 1 atom stereocenters. The lowest BCUT2D eigenvalue weighted by Gasteiger charge is -2.32. The zero-order valence-electron chi connectivity index (χ0n) is 13.1. The minimum Gasteiger partial charge on any atom is -0.451 e. The van der Waals surface area contributed by atoms with Gasteiger partial charge in [0.15, 0.2) is 11.6 Å². The lowest BCUT2D eigenvalue weighted by atomic mass is 10.1. The molecule has 1 saturated heterocycles. The monoisotopic (exact) mass is 343 g/mol. The first kappa shape index (κ1) is 15.5. The van der Waals surface area contributed by atoms with Crippen LogP contribution in [0.5, 0.6) is 0 Å². The number of carbonyl (C=O) groups is 1. The topological polar surface area (TPSA) is 81.6 Å². The van der Waals surface area contributed by atoms with Gasteiger partial charge < -0.3 is 18.6 Å². The number of hydrogen-bond donors (Lipinski definition) is 0. The van der Waals surface area contributed by atoms with E-state index in [9.17, 15) is 9.18 Å². The molecule has 1 aliphatic heterocycles. The third-order valence-corrected chi connectivity index (χ3v) is 4.02. The summed E-state index contributed by atoms with van der Waals surface area (Å²) >= 11 is 0. The van der Waals surface area contributed by atoms with E-state index in [-0.39, 0.29) is 18.3 Å². The van der Waals surface area contributed by atoms with Crippen LogP contribution in [0.4, 0.5) is 4.39 Å². The van der Waals surface area contributed by atoms with Crippen LogP contribution in [-0.2, 0) is 4.74 Å². The summed E-state index contributed by atoms with van der Waals surface area (Å²) in [7, 11) is 0. The van der Waals surface area contributed by atoms with Gasteiger partial charge in [-0.1, -0.05) is 17.3 Å². The predicted octanol–water partition coefficient (Wildman–Crippen LogP) is 2.68. The number of ether oxygens (including phenoxy) is 1. The largest absolute Gasteiger partial charge is 0.451 e. The highest BCUT2D eigenvalue weighted by atomic mass is 19.1. The highest BCUT2D eigenvalue weighted by Crippen LogP contribution is 2.28. The number of nitrogens with zero attached hydrogens (tertiary/aromatic N) is 3. The fourth-order valence-corrected chi connectivity index (χ4v) is 2.79. The Hall–Kier alpha value is -3.00. The molecule has 7 nitrogen and oxygen atoms in total. The number of rotatable bonds is 3. The summed E-state index contributed by atoms with van der Waals surface area (Å²) < 4.78 is 29.7. The Morgan fingerprint density at radius 1 is 1.24 bits per heavy atom. The number of hydrogen-bond acceptors (Lipinski definition) is 6. The molecule has 0 saturated carbocycles. The van der Waals surface area contributed by atoms with Crippen LogP contribution in [0.2, 0.25) is 0 Å². The molecule has 25 heavy (non-hydrogen) atoms. The number of morpholine rings is 1. The first-order valence-electron chi connectivity index (χ1n) is 7.74. The fraction of sp³-hybridized carbons (Fsp3) is 0.235. The Bertz CT molecular complexity index is 878. The average Bonchev–Trinajstić information content (AvgIpc) is 3.34. The number of aromatic nitrogens is 2. The smallest absolute Gasteiger partial charge is 0.290 e. The molecule has 0 radical (unpaired) electrons. The maximum atomic E-state index is 13.9. The van der Waals surface area contributed by atoms with Crippen LogP contribution in [0.25, 0.3) is 11.3 Å². The molecular weight excluding hydrogens is 329 g/mol. The lowest BCUT2D eigenvalue weighted by molar-refractivity contribution is -0.00724. The van der Waals surface area contributed by atoms with E-state index < -0.39 is 11.9 Å². The van der Waals surface area contributed by atoms with Crippen molar-refractivity contribution in [2.24, 2.45) is 0 Å². The molecule has 0 unspecified atom stereocenters. The van der Waals surface area contributed by atoms with E-state index in [1.165, 1.54) is 18.5 Å². The number of carbonyl (C=O) groups excluding carboxylic acids is 1. The second-order valence-corrected chi connectivity index (χ2v) is 5.52. The highest BCUT2D eigenvalue weighted by Gasteiger charge is 2.33. The normalized spacial score (nSPS) is 17.6. The van der Waals surface area contributed by atoms with Gasteiger partial charge in [0.1, 0.15) is 17.6 Å². The van der Waals surface area contributed by atoms with Crippen molar-refractivity contribution in [3.8, 4) is 11.3 Å². The van der Waals surface area contributed by atoms with Gasteiger partial charge in [0.2, 0.25) is 6.39 Å². The molecule has 1 aliphatic rings. The van der Waals surface area contributed by atoms with E-state index >= 15 is 0 Å². The molecule has 2 aromatic heterocycles. The van der Waals surface area contributed by atoms with Crippen molar-refractivity contribution in [3.05, 3.63) is 60.2 Å². The summed E-state index contributed by atoms with van der Waals surface area (Å²) in [6.45, 7) is 1.04. The molecule has 4 rings (SSSR count). The Morgan fingerprint density at radius 2 is 2.12 bits per heavy atom. The van der Waals surface area contributed by atoms with Crippen molar-refractivity contribution >= 4 is 5.91 Å². The Labute approximate surface area is 142 Å². The third-order valence-electron chi connectivity index (χ3n) is 4.02. The molecule has 3 heterocycles. The van der Waals surface area contributed by atoms with Crippen LogP contribution in [0.1, 0.15) is 22.4 Å². The summed E-state index contributed by atoms with van der Waals surface area (Å²) in [6, 6.07) is 8.89. The number of amides is 1. The SMILES string of the molecule is O=C(c1ccc(-c2ccccc2F)o1)N1CCOC[C@H]1c1ncon1. The Balaban J connectivity index is 1.61. The zero-order valence-corrected chi connectivity index (χ0v) is 13.1. The van der Waals surface area contributed by atoms with Gasteiger partial charge in [0.25, 0.3) is 5.91 Å². The van der Waals surface area contributed by atoms with Gasteiger partial charge in [-0.3, -0.25) is 4.79 Å². The Kier molecular flexibility index (Phi) is 4.02. The van der Waals surface area contributed by atoms with Gasteiger partial charge in [-0.2, -0.15) is 4.98 Å². The van der Waals surface area contributed by atoms with Crippen LogP contribution in [0.15, 0.2) is 51.7 Å². The van der Waals surface area contributed by atoms with Gasteiger partial charge in [0, 0.05) is 6.54 Å². The van der Waals surface area contributed by atoms with Crippen molar-refractivity contribution < 1.29 is 22.9 Å². The first-order valence-corrected chi connectivity index (χ1v) is 7.74. The van der Waals surface area contributed by atoms with Gasteiger partial charge >= 0.3 is 0 Å². The minimum absolute atomic E-state index is 0.119. The molecule has 3 aromatic rings.